The number of nitro groups is 1. The third kappa shape index (κ3) is 3.56. The SMILES string of the molecule is Cn1cc(CCNC(=O)c2ccc([N+](=O)[O-])c(N)c2)cn1. The maximum atomic E-state index is 11.9. The predicted molar refractivity (Wildman–Crippen MR) is 76.8 cm³/mol. The lowest BCUT2D eigenvalue weighted by atomic mass is 10.1. The molecule has 0 atom stereocenters. The second-order valence-corrected chi connectivity index (χ2v) is 4.56. The summed E-state index contributed by atoms with van der Waals surface area (Å²) in [4.78, 5) is 22.0. The normalized spacial score (nSPS) is 10.3. The van der Waals surface area contributed by atoms with Crippen molar-refractivity contribution in [1.82, 2.24) is 15.1 Å². The number of amides is 1. The summed E-state index contributed by atoms with van der Waals surface area (Å²) in [6.45, 7) is 0.446. The number of carbonyl (C=O) groups excluding carboxylic acids is 1. The van der Waals surface area contributed by atoms with Gasteiger partial charge in [-0.1, -0.05) is 0 Å². The van der Waals surface area contributed by atoms with Gasteiger partial charge in [0.25, 0.3) is 11.6 Å². The van der Waals surface area contributed by atoms with E-state index in [9.17, 15) is 14.9 Å². The minimum Gasteiger partial charge on any atom is -0.393 e. The molecule has 0 saturated carbocycles. The molecule has 1 aromatic carbocycles. The van der Waals surface area contributed by atoms with Crippen LogP contribution in [0.4, 0.5) is 11.4 Å². The quantitative estimate of drug-likeness (QED) is 0.481. The van der Waals surface area contributed by atoms with Crippen LogP contribution < -0.4 is 11.1 Å². The van der Waals surface area contributed by atoms with E-state index in [-0.39, 0.29) is 17.3 Å². The van der Waals surface area contributed by atoms with Gasteiger partial charge in [-0.05, 0) is 24.1 Å². The Morgan fingerprint density at radius 1 is 1.52 bits per heavy atom. The average molecular weight is 289 g/mol. The van der Waals surface area contributed by atoms with Crippen molar-refractivity contribution in [2.24, 2.45) is 7.05 Å². The zero-order valence-corrected chi connectivity index (χ0v) is 11.4. The van der Waals surface area contributed by atoms with Crippen LogP contribution in [0.1, 0.15) is 15.9 Å². The lowest BCUT2D eigenvalue weighted by molar-refractivity contribution is -0.383. The number of nitro benzene ring substituents is 1. The van der Waals surface area contributed by atoms with Crippen LogP contribution in [-0.2, 0) is 13.5 Å². The highest BCUT2D eigenvalue weighted by Crippen LogP contribution is 2.21. The van der Waals surface area contributed by atoms with Crippen molar-refractivity contribution in [3.8, 4) is 0 Å². The number of nitrogens with one attached hydrogen (secondary N) is 1. The maximum absolute atomic E-state index is 11.9. The van der Waals surface area contributed by atoms with Gasteiger partial charge in [-0.2, -0.15) is 5.10 Å². The minimum atomic E-state index is -0.584. The molecule has 0 aliphatic rings. The summed E-state index contributed by atoms with van der Waals surface area (Å²) in [7, 11) is 1.82. The number of anilines is 1. The van der Waals surface area contributed by atoms with E-state index in [1.165, 1.54) is 18.2 Å². The van der Waals surface area contributed by atoms with Crippen molar-refractivity contribution in [2.45, 2.75) is 6.42 Å². The molecule has 1 aromatic heterocycles. The molecule has 1 heterocycles. The summed E-state index contributed by atoms with van der Waals surface area (Å²) >= 11 is 0. The number of carbonyl (C=O) groups is 1. The molecule has 0 aliphatic heterocycles. The molecule has 0 bridgehead atoms. The third-order valence-corrected chi connectivity index (χ3v) is 2.94. The van der Waals surface area contributed by atoms with Gasteiger partial charge in [0, 0.05) is 31.4 Å². The number of hydrogen-bond acceptors (Lipinski definition) is 5. The number of hydrogen-bond donors (Lipinski definition) is 2. The number of aromatic nitrogens is 2. The van der Waals surface area contributed by atoms with E-state index < -0.39 is 4.92 Å². The molecule has 21 heavy (non-hydrogen) atoms. The van der Waals surface area contributed by atoms with Gasteiger partial charge in [-0.25, -0.2) is 0 Å². The van der Waals surface area contributed by atoms with Gasteiger partial charge in [0.2, 0.25) is 0 Å². The molecule has 0 fully saturated rings. The van der Waals surface area contributed by atoms with E-state index in [0.717, 1.165) is 5.56 Å². The van der Waals surface area contributed by atoms with Crippen molar-refractivity contribution < 1.29 is 9.72 Å². The first kappa shape index (κ1) is 14.5. The summed E-state index contributed by atoms with van der Waals surface area (Å²) in [5.41, 5.74) is 6.63. The maximum Gasteiger partial charge on any atom is 0.292 e. The van der Waals surface area contributed by atoms with Crippen LogP contribution in [0.15, 0.2) is 30.6 Å². The molecule has 2 aromatic rings. The molecular formula is C13H15N5O3. The van der Waals surface area contributed by atoms with Crippen LogP contribution in [0.25, 0.3) is 0 Å². The Labute approximate surface area is 120 Å². The van der Waals surface area contributed by atoms with E-state index in [1.54, 1.807) is 10.9 Å². The van der Waals surface area contributed by atoms with E-state index in [2.05, 4.69) is 10.4 Å². The predicted octanol–water partition coefficient (Wildman–Crippen LogP) is 0.883. The lowest BCUT2D eigenvalue weighted by Crippen LogP contribution is -2.25. The number of nitrogens with zero attached hydrogens (tertiary/aromatic N) is 3. The molecular weight excluding hydrogens is 274 g/mol. The second-order valence-electron chi connectivity index (χ2n) is 4.56. The van der Waals surface area contributed by atoms with Gasteiger partial charge in [0.15, 0.2) is 0 Å². The Balaban J connectivity index is 1.94. The number of aryl methyl sites for hydroxylation is 1. The van der Waals surface area contributed by atoms with Crippen molar-refractivity contribution in [3.63, 3.8) is 0 Å². The van der Waals surface area contributed by atoms with E-state index >= 15 is 0 Å². The zero-order chi connectivity index (χ0) is 15.4. The van der Waals surface area contributed by atoms with Crippen molar-refractivity contribution in [3.05, 3.63) is 51.8 Å². The lowest BCUT2D eigenvalue weighted by Gasteiger charge is -2.05. The van der Waals surface area contributed by atoms with Gasteiger partial charge in [0.1, 0.15) is 5.69 Å². The Hall–Kier alpha value is -2.90. The van der Waals surface area contributed by atoms with E-state index in [0.29, 0.717) is 18.5 Å². The molecule has 2 rings (SSSR count). The number of nitrogens with two attached hydrogens (primary N) is 1. The largest absolute Gasteiger partial charge is 0.393 e. The Kier molecular flexibility index (Phi) is 4.17. The summed E-state index contributed by atoms with van der Waals surface area (Å²) in [5, 5.41) is 17.4. The molecule has 3 N–H and O–H groups in total. The molecule has 8 heteroatoms. The number of benzene rings is 1. The molecule has 0 saturated heterocycles. The highest BCUT2D eigenvalue weighted by Gasteiger charge is 2.14. The van der Waals surface area contributed by atoms with E-state index in [4.69, 9.17) is 5.73 Å². The van der Waals surface area contributed by atoms with Gasteiger partial charge < -0.3 is 11.1 Å². The molecule has 110 valence electrons. The van der Waals surface area contributed by atoms with Crippen molar-refractivity contribution >= 4 is 17.3 Å². The monoisotopic (exact) mass is 289 g/mol. The third-order valence-electron chi connectivity index (χ3n) is 2.94. The first-order valence-corrected chi connectivity index (χ1v) is 6.27. The topological polar surface area (TPSA) is 116 Å². The minimum absolute atomic E-state index is 0.0279. The first-order chi connectivity index (χ1) is 9.97. The Morgan fingerprint density at radius 3 is 2.86 bits per heavy atom. The van der Waals surface area contributed by atoms with Gasteiger partial charge >= 0.3 is 0 Å². The molecule has 0 unspecified atom stereocenters. The molecule has 0 radical (unpaired) electrons. The van der Waals surface area contributed by atoms with Crippen LogP contribution in [0, 0.1) is 10.1 Å². The summed E-state index contributed by atoms with van der Waals surface area (Å²) < 4.78 is 1.69. The summed E-state index contributed by atoms with van der Waals surface area (Å²) in [6, 6.07) is 3.91. The van der Waals surface area contributed by atoms with Gasteiger partial charge in [0.05, 0.1) is 11.1 Å². The van der Waals surface area contributed by atoms with Gasteiger partial charge in [-0.15, -0.1) is 0 Å². The molecule has 8 nitrogen and oxygen atoms in total. The van der Waals surface area contributed by atoms with Crippen LogP contribution in [0.5, 0.6) is 0 Å². The average Bonchev–Trinajstić information content (AvgIpc) is 2.83. The highest BCUT2D eigenvalue weighted by atomic mass is 16.6. The van der Waals surface area contributed by atoms with Crippen molar-refractivity contribution in [1.29, 1.82) is 0 Å². The van der Waals surface area contributed by atoms with Crippen LogP contribution >= 0.6 is 0 Å². The fourth-order valence-corrected chi connectivity index (χ4v) is 1.89. The fraction of sp³-hybridized carbons (Fsp3) is 0.231. The highest BCUT2D eigenvalue weighted by molar-refractivity contribution is 5.95. The van der Waals surface area contributed by atoms with Crippen molar-refractivity contribution in [2.75, 3.05) is 12.3 Å². The van der Waals surface area contributed by atoms with Crippen LogP contribution in [0.2, 0.25) is 0 Å². The van der Waals surface area contributed by atoms with Crippen LogP contribution in [-0.4, -0.2) is 27.2 Å². The first-order valence-electron chi connectivity index (χ1n) is 6.27. The smallest absolute Gasteiger partial charge is 0.292 e. The Bertz CT molecular complexity index is 680. The standard InChI is InChI=1S/C13H15N5O3/c1-17-8-9(7-16-17)4-5-15-13(19)10-2-3-12(18(20)21)11(14)6-10/h2-3,6-8H,4-5,14H2,1H3,(H,15,19). The zero-order valence-electron chi connectivity index (χ0n) is 11.4. The number of rotatable bonds is 5. The molecule has 0 spiro atoms. The summed E-state index contributed by atoms with van der Waals surface area (Å²) in [6.07, 6.45) is 4.26. The second kappa shape index (κ2) is 6.04. The fourth-order valence-electron chi connectivity index (χ4n) is 1.89. The number of nitrogen functional groups attached to an aromatic ring is 1. The van der Waals surface area contributed by atoms with E-state index in [1.807, 2.05) is 13.2 Å². The Morgan fingerprint density at radius 2 is 2.29 bits per heavy atom. The molecule has 1 amide bonds. The van der Waals surface area contributed by atoms with Gasteiger partial charge in [-0.3, -0.25) is 19.6 Å². The molecule has 0 aliphatic carbocycles. The summed E-state index contributed by atoms with van der Waals surface area (Å²) in [5.74, 6) is -0.319. The van der Waals surface area contributed by atoms with Crippen LogP contribution in [0.3, 0.4) is 0 Å².